The van der Waals surface area contributed by atoms with Crippen molar-refractivity contribution in [2.24, 2.45) is 11.8 Å². The number of nitrogens with one attached hydrogen (secondary N) is 1. The normalized spacial score (nSPS) is 27.6. The molecule has 67 heavy (non-hydrogen) atoms. The van der Waals surface area contributed by atoms with Gasteiger partial charge in [-0.25, -0.2) is 9.59 Å². The molecule has 10 rings (SSSR count). The third kappa shape index (κ3) is 9.42. The average molecular weight is 909 g/mol. The first kappa shape index (κ1) is 47.0. The smallest absolute Gasteiger partial charge is 0.320 e. The van der Waals surface area contributed by atoms with E-state index in [9.17, 15) is 9.59 Å². The maximum absolute atomic E-state index is 13.8. The molecule has 4 aromatic rings. The topological polar surface area (TPSA) is 80.8 Å². The van der Waals surface area contributed by atoms with Gasteiger partial charge in [0.25, 0.3) is 0 Å². The SMILES string of the molecule is CNC1(c2ccccc2)CCC2(CC1)CN(Cc1cccc(OC)c1)C(=O)N2CC1CCC1.COc1cccc(CN2CC3(CCC(c4ccccc4)(N(C)C)CC3)N(CC3CCC3)C2=O)c1. The van der Waals surface area contributed by atoms with Crippen molar-refractivity contribution in [2.75, 3.05) is 61.5 Å². The van der Waals surface area contributed by atoms with E-state index in [-0.39, 0.29) is 34.2 Å². The third-order valence-electron chi connectivity index (χ3n) is 17.5. The van der Waals surface area contributed by atoms with E-state index in [4.69, 9.17) is 9.47 Å². The molecule has 0 aromatic heterocycles. The molecule has 6 aliphatic rings. The Kier molecular flexibility index (Phi) is 14.0. The van der Waals surface area contributed by atoms with Crippen LogP contribution in [0.25, 0.3) is 0 Å². The van der Waals surface area contributed by atoms with Gasteiger partial charge < -0.3 is 34.4 Å². The molecule has 6 fully saturated rings. The van der Waals surface area contributed by atoms with Crippen molar-refractivity contribution in [3.05, 3.63) is 131 Å². The summed E-state index contributed by atoms with van der Waals surface area (Å²) >= 11 is 0. The molecule has 0 unspecified atom stereocenters. The van der Waals surface area contributed by atoms with Crippen LogP contribution in [0.4, 0.5) is 9.59 Å². The van der Waals surface area contributed by atoms with Crippen LogP contribution in [-0.4, -0.2) is 109 Å². The van der Waals surface area contributed by atoms with Crippen LogP contribution < -0.4 is 14.8 Å². The molecule has 2 aliphatic heterocycles. The maximum Gasteiger partial charge on any atom is 0.320 e. The van der Waals surface area contributed by atoms with Crippen molar-refractivity contribution in [3.8, 4) is 11.5 Å². The summed E-state index contributed by atoms with van der Waals surface area (Å²) in [4.78, 5) is 38.7. The number of carbonyl (C=O) groups is 2. The van der Waals surface area contributed by atoms with Gasteiger partial charge in [0.2, 0.25) is 0 Å². The third-order valence-corrected chi connectivity index (χ3v) is 17.5. The predicted octanol–water partition coefficient (Wildman–Crippen LogP) is 10.7. The van der Waals surface area contributed by atoms with Crippen molar-refractivity contribution in [1.82, 2.24) is 29.8 Å². The Hall–Kier alpha value is -5.06. The van der Waals surface area contributed by atoms with E-state index in [1.54, 1.807) is 14.2 Å². The molecule has 2 heterocycles. The van der Waals surface area contributed by atoms with E-state index in [1.165, 1.54) is 49.7 Å². The zero-order valence-corrected chi connectivity index (χ0v) is 41.1. The number of nitrogens with zero attached hydrogens (tertiary/aromatic N) is 5. The van der Waals surface area contributed by atoms with E-state index in [0.29, 0.717) is 24.9 Å². The number of urea groups is 2. The molecule has 4 aromatic carbocycles. The summed E-state index contributed by atoms with van der Waals surface area (Å²) in [5, 5.41) is 3.66. The van der Waals surface area contributed by atoms with E-state index < -0.39 is 0 Å². The zero-order chi connectivity index (χ0) is 46.7. The monoisotopic (exact) mass is 909 g/mol. The van der Waals surface area contributed by atoms with Gasteiger partial charge in [-0.05, 0) is 157 Å². The largest absolute Gasteiger partial charge is 0.497 e. The Morgan fingerprint density at radius 1 is 0.567 bits per heavy atom. The number of methoxy groups -OCH3 is 2. The van der Waals surface area contributed by atoms with Gasteiger partial charge in [0, 0.05) is 50.3 Å². The van der Waals surface area contributed by atoms with Gasteiger partial charge >= 0.3 is 12.1 Å². The summed E-state index contributed by atoms with van der Waals surface area (Å²) in [6.07, 6.45) is 16.1. The Bertz CT molecular complexity index is 2280. The Morgan fingerprint density at radius 2 is 1.00 bits per heavy atom. The molecule has 2 spiro atoms. The minimum Gasteiger partial charge on any atom is -0.497 e. The molecule has 4 amide bonds. The van der Waals surface area contributed by atoms with Gasteiger partial charge in [0.1, 0.15) is 11.5 Å². The molecular formula is C57H76N6O4. The molecule has 10 nitrogen and oxygen atoms in total. The minimum atomic E-state index is -0.0557. The molecule has 10 heteroatoms. The van der Waals surface area contributed by atoms with Crippen molar-refractivity contribution in [3.63, 3.8) is 0 Å². The summed E-state index contributed by atoms with van der Waals surface area (Å²) in [5.74, 6) is 3.04. The molecule has 358 valence electrons. The molecular weight excluding hydrogens is 833 g/mol. The molecule has 0 bridgehead atoms. The molecule has 4 saturated carbocycles. The second-order valence-electron chi connectivity index (χ2n) is 21.2. The first-order chi connectivity index (χ1) is 32.5. The van der Waals surface area contributed by atoms with E-state index in [1.807, 2.05) is 24.3 Å². The lowest BCUT2D eigenvalue weighted by Crippen LogP contribution is -2.56. The highest BCUT2D eigenvalue weighted by atomic mass is 16.5. The first-order valence-electron chi connectivity index (χ1n) is 25.4. The summed E-state index contributed by atoms with van der Waals surface area (Å²) < 4.78 is 10.8. The van der Waals surface area contributed by atoms with Crippen molar-refractivity contribution in [2.45, 2.75) is 125 Å². The van der Waals surface area contributed by atoms with Crippen LogP contribution in [0.5, 0.6) is 11.5 Å². The fourth-order valence-corrected chi connectivity index (χ4v) is 12.7. The summed E-state index contributed by atoms with van der Waals surface area (Å²) in [7, 11) is 9.91. The Labute approximate surface area is 401 Å². The van der Waals surface area contributed by atoms with Crippen LogP contribution in [-0.2, 0) is 24.2 Å². The van der Waals surface area contributed by atoms with Crippen LogP contribution in [0, 0.1) is 11.8 Å². The number of amides is 4. The van der Waals surface area contributed by atoms with Crippen molar-refractivity contribution < 1.29 is 19.1 Å². The fourth-order valence-electron chi connectivity index (χ4n) is 12.7. The van der Waals surface area contributed by atoms with E-state index >= 15 is 0 Å². The molecule has 1 N–H and O–H groups in total. The Morgan fingerprint density at radius 3 is 1.39 bits per heavy atom. The van der Waals surface area contributed by atoms with Gasteiger partial charge in [0.05, 0.1) is 25.3 Å². The lowest BCUT2D eigenvalue weighted by Gasteiger charge is -2.51. The lowest BCUT2D eigenvalue weighted by atomic mass is 9.68. The predicted molar refractivity (Wildman–Crippen MR) is 267 cm³/mol. The Balaban J connectivity index is 0.000000168. The van der Waals surface area contributed by atoms with E-state index in [2.05, 4.69) is 136 Å². The number of hydrogen-bond donors (Lipinski definition) is 1. The highest BCUT2D eigenvalue weighted by Gasteiger charge is 2.56. The molecule has 0 radical (unpaired) electrons. The highest BCUT2D eigenvalue weighted by molar-refractivity contribution is 5.79. The number of rotatable bonds is 14. The van der Waals surface area contributed by atoms with Crippen molar-refractivity contribution >= 4 is 12.1 Å². The average Bonchev–Trinajstić information content (AvgIpc) is 3.73. The summed E-state index contributed by atoms with van der Waals surface area (Å²) in [6, 6.07) is 38.5. The lowest BCUT2D eigenvalue weighted by molar-refractivity contribution is 0.0159. The molecule has 0 atom stereocenters. The first-order valence-corrected chi connectivity index (χ1v) is 25.4. The number of hydrogen-bond acceptors (Lipinski definition) is 6. The maximum atomic E-state index is 13.8. The van der Waals surface area contributed by atoms with Gasteiger partial charge in [-0.15, -0.1) is 0 Å². The van der Waals surface area contributed by atoms with Crippen molar-refractivity contribution in [1.29, 1.82) is 0 Å². The van der Waals surface area contributed by atoms with Gasteiger partial charge in [-0.3, -0.25) is 4.90 Å². The van der Waals surface area contributed by atoms with Gasteiger partial charge in [0.15, 0.2) is 0 Å². The zero-order valence-electron chi connectivity index (χ0n) is 41.1. The van der Waals surface area contributed by atoms with Crippen LogP contribution in [0.3, 0.4) is 0 Å². The standard InChI is InChI=1S/C29H39N3O2.C28H37N3O2/c1-30(2)29(25-12-5-4-6-13-25)17-15-28(16-18-29)22-31(20-24-11-8-14-26(19-24)34-3)27(33)32(28)21-23-9-7-10-23;1-29-28(24-11-4-3-5-12-24)16-14-27(15-17-28)21-30(19-23-10-7-13-25(18-23)33-2)26(32)31(27)20-22-8-6-9-22/h4-6,8,11-14,19,23H,7,9-10,15-18,20-22H2,1-3H3;3-5,7,10-13,18,22,29H,6,8-9,14-17,19-21H2,1-2H3. The number of benzene rings is 4. The molecule has 4 aliphatic carbocycles. The summed E-state index contributed by atoms with van der Waals surface area (Å²) in [5.41, 5.74) is 4.96. The van der Waals surface area contributed by atoms with Crippen LogP contribution >= 0.6 is 0 Å². The highest BCUT2D eigenvalue weighted by Crippen LogP contribution is 2.51. The molecule has 2 saturated heterocycles. The second kappa shape index (κ2) is 19.9. The number of carbonyl (C=O) groups excluding carboxylic acids is 2. The van der Waals surface area contributed by atoms with E-state index in [0.717, 1.165) is 100 Å². The minimum absolute atomic E-state index is 0.00207. The summed E-state index contributed by atoms with van der Waals surface area (Å²) in [6.45, 7) is 4.79. The fraction of sp³-hybridized carbons (Fsp3) is 0.544. The van der Waals surface area contributed by atoms with Crippen LogP contribution in [0.2, 0.25) is 0 Å². The van der Waals surface area contributed by atoms with Crippen LogP contribution in [0.15, 0.2) is 109 Å². The van der Waals surface area contributed by atoms with Gasteiger partial charge in [-0.1, -0.05) is 97.8 Å². The number of ether oxygens (including phenoxy) is 2. The van der Waals surface area contributed by atoms with Crippen LogP contribution in [0.1, 0.15) is 112 Å². The van der Waals surface area contributed by atoms with Gasteiger partial charge in [-0.2, -0.15) is 0 Å². The second-order valence-corrected chi connectivity index (χ2v) is 21.2. The quantitative estimate of drug-likeness (QED) is 0.136.